The van der Waals surface area contributed by atoms with Crippen molar-refractivity contribution in [3.8, 4) is 11.1 Å². The molecule has 1 aromatic carbocycles. The van der Waals surface area contributed by atoms with Crippen molar-refractivity contribution in [3.63, 3.8) is 0 Å². The lowest BCUT2D eigenvalue weighted by Crippen LogP contribution is -2.33. The summed E-state index contributed by atoms with van der Waals surface area (Å²) in [5.41, 5.74) is 10.6. The number of amides is 2. The predicted molar refractivity (Wildman–Crippen MR) is 131 cm³/mol. The smallest absolute Gasteiger partial charge is 0.256 e. The molecule has 0 saturated heterocycles. The largest absolute Gasteiger partial charge is 0.383 e. The summed E-state index contributed by atoms with van der Waals surface area (Å²) >= 11 is 0. The van der Waals surface area contributed by atoms with Crippen molar-refractivity contribution < 1.29 is 9.59 Å². The summed E-state index contributed by atoms with van der Waals surface area (Å²) in [6.07, 6.45) is 4.26. The van der Waals surface area contributed by atoms with Crippen LogP contribution in [0.25, 0.3) is 27.7 Å². The maximum atomic E-state index is 12.6. The highest BCUT2D eigenvalue weighted by Crippen LogP contribution is 2.43. The Kier molecular flexibility index (Phi) is 5.14. The Hall–Kier alpha value is -4.79. The molecule has 168 valence electrons. The summed E-state index contributed by atoms with van der Waals surface area (Å²) in [5.74, 6) is 0.275. The molecule has 0 saturated carbocycles. The van der Waals surface area contributed by atoms with Gasteiger partial charge in [0.25, 0.3) is 5.91 Å². The molecular weight excluding hydrogens is 430 g/mol. The predicted octanol–water partition coefficient (Wildman–Crippen LogP) is 3.03. The second-order valence-electron chi connectivity index (χ2n) is 7.83. The molecule has 0 radical (unpaired) electrons. The van der Waals surface area contributed by atoms with E-state index in [1.54, 1.807) is 36.5 Å². The Balaban J connectivity index is 1.54. The minimum atomic E-state index is -0.303. The molecule has 0 spiro atoms. The number of carbonyl (C=O) groups is 2. The third kappa shape index (κ3) is 3.49. The SMILES string of the molecule is C=CC(=O)N[C@H]1Cn2c(c(-c3ccc(C(=O)Nc4ccccn4)cc3)c3c(N)ncnc32)C1=C. The van der Waals surface area contributed by atoms with E-state index in [-0.39, 0.29) is 17.9 Å². The summed E-state index contributed by atoms with van der Waals surface area (Å²) in [6, 6.07) is 12.2. The molecule has 0 bridgehead atoms. The van der Waals surface area contributed by atoms with Crippen LogP contribution in [0.3, 0.4) is 0 Å². The molecule has 1 aliphatic heterocycles. The molecule has 0 fully saturated rings. The quantitative estimate of drug-likeness (QED) is 0.400. The van der Waals surface area contributed by atoms with Crippen LogP contribution in [0.15, 0.2) is 74.2 Å². The van der Waals surface area contributed by atoms with Crippen LogP contribution in [0.2, 0.25) is 0 Å². The minimum Gasteiger partial charge on any atom is -0.383 e. The fourth-order valence-corrected chi connectivity index (χ4v) is 4.22. The second kappa shape index (κ2) is 8.28. The molecule has 4 aromatic rings. The number of carbonyl (C=O) groups excluding carboxylic acids is 2. The van der Waals surface area contributed by atoms with Gasteiger partial charge in [0.1, 0.15) is 23.6 Å². The lowest BCUT2D eigenvalue weighted by atomic mass is 9.97. The molecule has 9 heteroatoms. The van der Waals surface area contributed by atoms with Gasteiger partial charge in [0.2, 0.25) is 5.91 Å². The van der Waals surface area contributed by atoms with Crippen LogP contribution < -0.4 is 16.4 Å². The number of hydrogen-bond acceptors (Lipinski definition) is 6. The zero-order valence-electron chi connectivity index (χ0n) is 18.2. The van der Waals surface area contributed by atoms with Crippen molar-refractivity contribution >= 4 is 40.1 Å². The van der Waals surface area contributed by atoms with E-state index in [1.165, 1.54) is 12.4 Å². The molecule has 3 aromatic heterocycles. The van der Waals surface area contributed by atoms with Gasteiger partial charge in [-0.3, -0.25) is 9.59 Å². The molecule has 4 N–H and O–H groups in total. The number of pyridine rings is 1. The van der Waals surface area contributed by atoms with Crippen molar-refractivity contribution in [1.82, 2.24) is 24.8 Å². The third-order valence-corrected chi connectivity index (χ3v) is 5.80. The number of aromatic nitrogens is 4. The minimum absolute atomic E-state index is 0.267. The van der Waals surface area contributed by atoms with E-state index in [9.17, 15) is 9.59 Å². The van der Waals surface area contributed by atoms with E-state index in [0.29, 0.717) is 34.8 Å². The summed E-state index contributed by atoms with van der Waals surface area (Å²) in [4.78, 5) is 37.3. The number of rotatable bonds is 5. The first-order valence-corrected chi connectivity index (χ1v) is 10.6. The maximum absolute atomic E-state index is 12.6. The van der Waals surface area contributed by atoms with Gasteiger partial charge in [-0.15, -0.1) is 0 Å². The zero-order chi connectivity index (χ0) is 23.8. The molecule has 1 aliphatic rings. The first-order chi connectivity index (χ1) is 16.5. The highest BCUT2D eigenvalue weighted by molar-refractivity contribution is 6.08. The average Bonchev–Trinajstić information content (AvgIpc) is 3.35. The van der Waals surface area contributed by atoms with Crippen LogP contribution >= 0.6 is 0 Å². The van der Waals surface area contributed by atoms with Crippen molar-refractivity contribution in [3.05, 3.63) is 85.5 Å². The Morgan fingerprint density at radius 3 is 2.62 bits per heavy atom. The number of nitrogen functional groups attached to an aromatic ring is 1. The van der Waals surface area contributed by atoms with Crippen LogP contribution in [-0.2, 0) is 11.3 Å². The lowest BCUT2D eigenvalue weighted by molar-refractivity contribution is -0.116. The van der Waals surface area contributed by atoms with E-state index < -0.39 is 0 Å². The van der Waals surface area contributed by atoms with E-state index in [2.05, 4.69) is 38.7 Å². The second-order valence-corrected chi connectivity index (χ2v) is 7.83. The van der Waals surface area contributed by atoms with Crippen molar-refractivity contribution in [1.29, 1.82) is 0 Å². The normalized spacial score (nSPS) is 14.6. The lowest BCUT2D eigenvalue weighted by Gasteiger charge is -2.13. The summed E-state index contributed by atoms with van der Waals surface area (Å²) < 4.78 is 1.99. The topological polar surface area (TPSA) is 128 Å². The van der Waals surface area contributed by atoms with Crippen molar-refractivity contribution in [2.75, 3.05) is 11.1 Å². The van der Waals surface area contributed by atoms with Crippen LogP contribution in [0.5, 0.6) is 0 Å². The van der Waals surface area contributed by atoms with Crippen LogP contribution in [-0.4, -0.2) is 37.4 Å². The maximum Gasteiger partial charge on any atom is 0.256 e. The van der Waals surface area contributed by atoms with Gasteiger partial charge in [-0.25, -0.2) is 15.0 Å². The monoisotopic (exact) mass is 451 g/mol. The van der Waals surface area contributed by atoms with Gasteiger partial charge in [0.15, 0.2) is 0 Å². The highest BCUT2D eigenvalue weighted by Gasteiger charge is 2.33. The van der Waals surface area contributed by atoms with Crippen molar-refractivity contribution in [2.45, 2.75) is 12.6 Å². The molecule has 9 nitrogen and oxygen atoms in total. The van der Waals surface area contributed by atoms with Crippen molar-refractivity contribution in [2.24, 2.45) is 0 Å². The Morgan fingerprint density at radius 2 is 1.91 bits per heavy atom. The average molecular weight is 451 g/mol. The van der Waals surface area contributed by atoms with Crippen LogP contribution in [0.4, 0.5) is 11.6 Å². The van der Waals surface area contributed by atoms with E-state index in [0.717, 1.165) is 22.4 Å². The van der Waals surface area contributed by atoms with Gasteiger partial charge in [0, 0.05) is 23.9 Å². The number of benzene rings is 1. The van der Waals surface area contributed by atoms with Gasteiger partial charge in [-0.1, -0.05) is 31.4 Å². The Labute approximate surface area is 195 Å². The van der Waals surface area contributed by atoms with Crippen LogP contribution in [0, 0.1) is 0 Å². The van der Waals surface area contributed by atoms with E-state index in [4.69, 9.17) is 5.73 Å². The third-order valence-electron chi connectivity index (χ3n) is 5.80. The first kappa shape index (κ1) is 21.1. The van der Waals surface area contributed by atoms with Crippen LogP contribution in [0.1, 0.15) is 16.1 Å². The van der Waals surface area contributed by atoms with E-state index in [1.807, 2.05) is 16.7 Å². The first-order valence-electron chi connectivity index (χ1n) is 10.6. The van der Waals surface area contributed by atoms with Gasteiger partial charge in [0.05, 0.1) is 17.1 Å². The molecule has 2 amide bonds. The standard InChI is InChI=1S/C25H21N7O2/c1-3-19(33)30-17-12-32-22(14(17)2)20(21-23(26)28-13-29-24(21)32)15-7-9-16(10-8-15)25(34)31-18-6-4-5-11-27-18/h3-11,13,17H,1-2,12H2,(H,30,33)(H2,26,28,29)(H,27,31,34)/t17-/m0/s1. The molecule has 0 aliphatic carbocycles. The Morgan fingerprint density at radius 1 is 1.12 bits per heavy atom. The molecular formula is C25H21N7O2. The number of fused-ring (bicyclic) bond motifs is 3. The number of nitrogens with zero attached hydrogens (tertiary/aromatic N) is 4. The summed E-state index contributed by atoms with van der Waals surface area (Å²) in [5, 5.41) is 6.38. The fourth-order valence-electron chi connectivity index (χ4n) is 4.22. The summed E-state index contributed by atoms with van der Waals surface area (Å²) in [6.45, 7) is 8.22. The molecule has 0 unspecified atom stereocenters. The molecule has 1 atom stereocenters. The summed E-state index contributed by atoms with van der Waals surface area (Å²) in [7, 11) is 0. The molecule has 4 heterocycles. The Bertz CT molecular complexity index is 1460. The molecule has 34 heavy (non-hydrogen) atoms. The number of hydrogen-bond donors (Lipinski definition) is 3. The fraction of sp³-hybridized carbons (Fsp3) is 0.0800. The highest BCUT2D eigenvalue weighted by atomic mass is 16.2. The number of nitrogens with one attached hydrogen (secondary N) is 2. The number of nitrogens with two attached hydrogens (primary N) is 1. The zero-order valence-corrected chi connectivity index (χ0v) is 18.2. The van der Waals surface area contributed by atoms with Gasteiger partial charge >= 0.3 is 0 Å². The van der Waals surface area contributed by atoms with Gasteiger partial charge in [-0.2, -0.15) is 0 Å². The van der Waals surface area contributed by atoms with Gasteiger partial charge < -0.3 is 20.9 Å². The number of anilines is 2. The molecule has 5 rings (SSSR count). The van der Waals surface area contributed by atoms with Gasteiger partial charge in [-0.05, 0) is 41.5 Å². The van der Waals surface area contributed by atoms with E-state index >= 15 is 0 Å².